The minimum Gasteiger partial charge on any atom is -0.497 e. The van der Waals surface area contributed by atoms with Crippen LogP contribution in [0.25, 0.3) is 0 Å². The lowest BCUT2D eigenvalue weighted by molar-refractivity contribution is 0.390. The molecule has 1 aromatic heterocycles. The van der Waals surface area contributed by atoms with Crippen molar-refractivity contribution in [2.24, 2.45) is 4.99 Å². The van der Waals surface area contributed by atoms with E-state index < -0.39 is 0 Å². The van der Waals surface area contributed by atoms with Crippen LogP contribution in [0.4, 0.5) is 0 Å². The van der Waals surface area contributed by atoms with Crippen molar-refractivity contribution >= 4 is 41.3 Å². The highest BCUT2D eigenvalue weighted by Gasteiger charge is 2.09. The van der Waals surface area contributed by atoms with Crippen molar-refractivity contribution in [1.29, 1.82) is 0 Å². The van der Waals surface area contributed by atoms with Gasteiger partial charge in [0, 0.05) is 31.8 Å². The third-order valence-corrected chi connectivity index (χ3v) is 4.55. The first-order chi connectivity index (χ1) is 11.7. The molecule has 2 aromatic rings. The molecule has 7 heteroatoms. The van der Waals surface area contributed by atoms with Crippen molar-refractivity contribution in [3.8, 4) is 11.5 Å². The minimum absolute atomic E-state index is 0. The average molecular weight is 475 g/mol. The van der Waals surface area contributed by atoms with Gasteiger partial charge in [0.2, 0.25) is 0 Å². The predicted molar refractivity (Wildman–Crippen MR) is 116 cm³/mol. The second-order valence-electron chi connectivity index (χ2n) is 5.44. The average Bonchev–Trinajstić information content (AvgIpc) is 3.16. The summed E-state index contributed by atoms with van der Waals surface area (Å²) in [4.78, 5) is 4.28. The number of thiophene rings is 1. The van der Waals surface area contributed by atoms with Crippen LogP contribution >= 0.6 is 35.3 Å². The second kappa shape index (κ2) is 11.2. The number of nitrogens with zero attached hydrogens (tertiary/aromatic N) is 1. The first-order valence-corrected chi connectivity index (χ1v) is 8.79. The van der Waals surface area contributed by atoms with E-state index in [0.29, 0.717) is 12.5 Å². The molecule has 2 N–H and O–H groups in total. The largest absolute Gasteiger partial charge is 0.497 e. The van der Waals surface area contributed by atoms with Crippen LogP contribution in [0.15, 0.2) is 40.0 Å². The molecule has 0 radical (unpaired) electrons. The summed E-state index contributed by atoms with van der Waals surface area (Å²) in [7, 11) is 5.08. The van der Waals surface area contributed by atoms with Crippen LogP contribution in [0, 0.1) is 0 Å². The van der Waals surface area contributed by atoms with Gasteiger partial charge in [-0.25, -0.2) is 0 Å². The maximum atomic E-state index is 5.42. The summed E-state index contributed by atoms with van der Waals surface area (Å²) in [5.41, 5.74) is 2.40. The molecule has 1 atom stereocenters. The smallest absolute Gasteiger partial charge is 0.191 e. The van der Waals surface area contributed by atoms with E-state index in [1.54, 1.807) is 32.6 Å². The van der Waals surface area contributed by atoms with Crippen molar-refractivity contribution < 1.29 is 9.47 Å². The van der Waals surface area contributed by atoms with Gasteiger partial charge in [-0.05, 0) is 40.4 Å². The van der Waals surface area contributed by atoms with Gasteiger partial charge in [0.05, 0.1) is 14.2 Å². The van der Waals surface area contributed by atoms with E-state index in [1.807, 2.05) is 18.2 Å². The zero-order valence-corrected chi connectivity index (χ0v) is 18.2. The van der Waals surface area contributed by atoms with E-state index in [0.717, 1.165) is 29.6 Å². The number of aliphatic imine (C=N–C) groups is 1. The molecule has 0 aliphatic heterocycles. The molecule has 0 spiro atoms. The van der Waals surface area contributed by atoms with Gasteiger partial charge in [0.1, 0.15) is 11.5 Å². The molecule has 1 heterocycles. The summed E-state index contributed by atoms with van der Waals surface area (Å²) in [6.07, 6.45) is 0. The molecule has 138 valence electrons. The van der Waals surface area contributed by atoms with Crippen LogP contribution in [0.1, 0.15) is 24.0 Å². The maximum Gasteiger partial charge on any atom is 0.191 e. The lowest BCUT2D eigenvalue weighted by atomic mass is 10.1. The SMILES string of the molecule is CN=C(NCc1ccc(OC)cc1OC)NCC(C)c1ccsc1.I. The Hall–Kier alpha value is -1.48. The summed E-state index contributed by atoms with van der Waals surface area (Å²) in [6.45, 7) is 3.66. The summed E-state index contributed by atoms with van der Waals surface area (Å²) in [5, 5.41) is 11.0. The molecule has 0 amide bonds. The van der Waals surface area contributed by atoms with E-state index in [9.17, 15) is 0 Å². The Labute approximate surface area is 170 Å². The van der Waals surface area contributed by atoms with E-state index in [4.69, 9.17) is 9.47 Å². The highest BCUT2D eigenvalue weighted by atomic mass is 127. The summed E-state index contributed by atoms with van der Waals surface area (Å²) >= 11 is 1.72. The Kier molecular flexibility index (Phi) is 9.66. The van der Waals surface area contributed by atoms with Gasteiger partial charge in [-0.1, -0.05) is 6.92 Å². The molecule has 25 heavy (non-hydrogen) atoms. The van der Waals surface area contributed by atoms with Crippen molar-refractivity contribution in [3.63, 3.8) is 0 Å². The van der Waals surface area contributed by atoms with Gasteiger partial charge < -0.3 is 20.1 Å². The monoisotopic (exact) mass is 475 g/mol. The van der Waals surface area contributed by atoms with E-state index in [1.165, 1.54) is 5.56 Å². The van der Waals surface area contributed by atoms with Crippen molar-refractivity contribution in [2.45, 2.75) is 19.4 Å². The molecule has 5 nitrogen and oxygen atoms in total. The fraction of sp³-hybridized carbons (Fsp3) is 0.389. The van der Waals surface area contributed by atoms with Gasteiger partial charge >= 0.3 is 0 Å². The summed E-state index contributed by atoms with van der Waals surface area (Å²) < 4.78 is 10.6. The molecule has 2 rings (SSSR count). The molecule has 0 fully saturated rings. The van der Waals surface area contributed by atoms with Crippen LogP contribution in [0.3, 0.4) is 0 Å². The first-order valence-electron chi connectivity index (χ1n) is 7.85. The number of guanidine groups is 1. The number of rotatable bonds is 7. The number of hydrogen-bond acceptors (Lipinski definition) is 4. The second-order valence-corrected chi connectivity index (χ2v) is 6.22. The van der Waals surface area contributed by atoms with Gasteiger partial charge in [-0.2, -0.15) is 11.3 Å². The molecule has 1 unspecified atom stereocenters. The Balaban J connectivity index is 0.00000312. The van der Waals surface area contributed by atoms with Crippen molar-refractivity contribution in [3.05, 3.63) is 46.2 Å². The number of halogens is 1. The fourth-order valence-electron chi connectivity index (χ4n) is 2.32. The van der Waals surface area contributed by atoms with Gasteiger partial charge in [-0.3, -0.25) is 4.99 Å². The third kappa shape index (κ3) is 6.39. The third-order valence-electron chi connectivity index (χ3n) is 3.85. The predicted octanol–water partition coefficient (Wildman–Crippen LogP) is 3.85. The first kappa shape index (κ1) is 21.6. The zero-order valence-electron chi connectivity index (χ0n) is 15.0. The molecular formula is C18H26IN3O2S. The van der Waals surface area contributed by atoms with Gasteiger partial charge in [-0.15, -0.1) is 24.0 Å². The molecule has 0 saturated heterocycles. The number of methoxy groups -OCH3 is 2. The zero-order chi connectivity index (χ0) is 17.4. The maximum absolute atomic E-state index is 5.42. The van der Waals surface area contributed by atoms with Crippen LogP contribution in [-0.2, 0) is 6.54 Å². The topological polar surface area (TPSA) is 54.9 Å². The highest BCUT2D eigenvalue weighted by molar-refractivity contribution is 14.0. The minimum atomic E-state index is 0. The van der Waals surface area contributed by atoms with Crippen molar-refractivity contribution in [1.82, 2.24) is 10.6 Å². The lowest BCUT2D eigenvalue weighted by Gasteiger charge is -2.16. The van der Waals surface area contributed by atoms with E-state index in [-0.39, 0.29) is 24.0 Å². The van der Waals surface area contributed by atoms with Crippen LogP contribution in [-0.4, -0.2) is 33.8 Å². The van der Waals surface area contributed by atoms with Gasteiger partial charge in [0.15, 0.2) is 5.96 Å². The lowest BCUT2D eigenvalue weighted by Crippen LogP contribution is -2.38. The Bertz CT molecular complexity index is 662. The van der Waals surface area contributed by atoms with Crippen LogP contribution in [0.2, 0.25) is 0 Å². The Morgan fingerprint density at radius 2 is 2.00 bits per heavy atom. The summed E-state index contributed by atoms with van der Waals surface area (Å²) in [5.74, 6) is 2.78. The summed E-state index contributed by atoms with van der Waals surface area (Å²) in [6, 6.07) is 7.96. The Morgan fingerprint density at radius 3 is 2.60 bits per heavy atom. The molecular weight excluding hydrogens is 449 g/mol. The van der Waals surface area contributed by atoms with Crippen LogP contribution < -0.4 is 20.1 Å². The number of benzene rings is 1. The van der Waals surface area contributed by atoms with E-state index >= 15 is 0 Å². The number of nitrogens with one attached hydrogen (secondary N) is 2. The standard InChI is InChI=1S/C18H25N3O2S.HI/c1-13(15-7-8-24-12-15)10-20-18(19-2)21-11-14-5-6-16(22-3)9-17(14)23-4;/h5-9,12-13H,10-11H2,1-4H3,(H2,19,20,21);1H. The molecule has 0 bridgehead atoms. The van der Waals surface area contributed by atoms with Gasteiger partial charge in [0.25, 0.3) is 0 Å². The fourth-order valence-corrected chi connectivity index (χ4v) is 3.10. The Morgan fingerprint density at radius 1 is 1.20 bits per heavy atom. The molecule has 0 aliphatic carbocycles. The normalized spacial score (nSPS) is 12.1. The number of ether oxygens (including phenoxy) is 2. The molecule has 0 saturated carbocycles. The van der Waals surface area contributed by atoms with E-state index in [2.05, 4.69) is 39.4 Å². The van der Waals surface area contributed by atoms with Crippen molar-refractivity contribution in [2.75, 3.05) is 27.8 Å². The van der Waals surface area contributed by atoms with Crippen LogP contribution in [0.5, 0.6) is 11.5 Å². The number of hydrogen-bond donors (Lipinski definition) is 2. The molecule has 1 aromatic carbocycles. The molecule has 0 aliphatic rings. The quantitative estimate of drug-likeness (QED) is 0.363. The highest BCUT2D eigenvalue weighted by Crippen LogP contribution is 2.24.